The number of nitrogens with zero attached hydrogens (tertiary/aromatic N) is 3. The van der Waals surface area contributed by atoms with Gasteiger partial charge in [0.15, 0.2) is 6.61 Å². The van der Waals surface area contributed by atoms with Gasteiger partial charge in [0.05, 0.1) is 12.7 Å². The molecule has 8 heteroatoms. The van der Waals surface area contributed by atoms with Crippen molar-refractivity contribution in [3.05, 3.63) is 60.0 Å². The highest BCUT2D eigenvalue weighted by molar-refractivity contribution is 5.97. The number of carbonyl (C=O) groups is 2. The highest BCUT2D eigenvalue weighted by Crippen LogP contribution is 2.23. The van der Waals surface area contributed by atoms with Crippen LogP contribution in [-0.2, 0) is 16.1 Å². The molecule has 1 aliphatic heterocycles. The highest BCUT2D eigenvalue weighted by atomic mass is 16.6. The lowest BCUT2D eigenvalue weighted by molar-refractivity contribution is -0.117. The van der Waals surface area contributed by atoms with Gasteiger partial charge in [0.2, 0.25) is 11.7 Å². The van der Waals surface area contributed by atoms with Crippen LogP contribution in [0.4, 0.5) is 5.69 Å². The number of anilines is 1. The molecule has 2 aromatic carbocycles. The Balaban J connectivity index is 1.40. The molecular formula is C21H19N3O5. The molecule has 0 unspecified atom stereocenters. The van der Waals surface area contributed by atoms with Crippen LogP contribution in [0, 0.1) is 0 Å². The number of rotatable bonds is 6. The largest absolute Gasteiger partial charge is 0.497 e. The molecule has 29 heavy (non-hydrogen) atoms. The van der Waals surface area contributed by atoms with Gasteiger partial charge in [-0.2, -0.15) is 4.98 Å². The first kappa shape index (κ1) is 18.7. The number of amides is 1. The maximum absolute atomic E-state index is 12.4. The summed E-state index contributed by atoms with van der Waals surface area (Å²) in [7, 11) is 1.59. The van der Waals surface area contributed by atoms with Crippen molar-refractivity contribution in [1.29, 1.82) is 0 Å². The van der Waals surface area contributed by atoms with Crippen molar-refractivity contribution >= 4 is 17.6 Å². The third kappa shape index (κ3) is 4.11. The van der Waals surface area contributed by atoms with Gasteiger partial charge in [0.1, 0.15) is 5.75 Å². The fourth-order valence-corrected chi connectivity index (χ4v) is 3.10. The molecule has 8 nitrogen and oxygen atoms in total. The van der Waals surface area contributed by atoms with Crippen LogP contribution >= 0.6 is 0 Å². The lowest BCUT2D eigenvalue weighted by Crippen LogP contribution is -2.23. The first-order valence-corrected chi connectivity index (χ1v) is 9.18. The summed E-state index contributed by atoms with van der Waals surface area (Å²) >= 11 is 0. The summed E-state index contributed by atoms with van der Waals surface area (Å²) in [5, 5.41) is 3.90. The molecule has 3 aromatic rings. The molecule has 0 aliphatic carbocycles. The van der Waals surface area contributed by atoms with E-state index in [0.29, 0.717) is 30.0 Å². The minimum Gasteiger partial charge on any atom is -0.497 e. The van der Waals surface area contributed by atoms with Crippen LogP contribution in [0.5, 0.6) is 5.75 Å². The smallest absolute Gasteiger partial charge is 0.338 e. The van der Waals surface area contributed by atoms with Gasteiger partial charge in [0, 0.05) is 24.2 Å². The van der Waals surface area contributed by atoms with Gasteiger partial charge in [0.25, 0.3) is 5.89 Å². The quantitative estimate of drug-likeness (QED) is 0.593. The summed E-state index contributed by atoms with van der Waals surface area (Å²) in [4.78, 5) is 30.2. The average molecular weight is 393 g/mol. The monoisotopic (exact) mass is 393 g/mol. The summed E-state index contributed by atoms with van der Waals surface area (Å²) < 4.78 is 15.6. The number of hydrogen-bond donors (Lipinski definition) is 0. The maximum atomic E-state index is 12.4. The Hall–Kier alpha value is -3.68. The number of esters is 1. The van der Waals surface area contributed by atoms with E-state index in [4.69, 9.17) is 14.0 Å². The van der Waals surface area contributed by atoms with Crippen molar-refractivity contribution in [3.8, 4) is 17.1 Å². The standard InChI is InChI=1S/C21H19N3O5/c1-27-17-9-7-14(8-10-17)20-22-18(29-23-20)13-28-21(26)15-4-2-5-16(12-15)24-11-3-6-19(24)25/h2,4-5,7-10,12H,3,6,11,13H2,1H3. The van der Waals surface area contributed by atoms with Crippen LogP contribution in [0.15, 0.2) is 53.1 Å². The van der Waals surface area contributed by atoms with Crippen molar-refractivity contribution in [2.75, 3.05) is 18.6 Å². The Morgan fingerprint density at radius 3 is 2.76 bits per heavy atom. The molecule has 1 fully saturated rings. The Bertz CT molecular complexity index is 1030. The zero-order valence-electron chi connectivity index (χ0n) is 15.8. The van der Waals surface area contributed by atoms with Crippen molar-refractivity contribution in [2.24, 2.45) is 0 Å². The summed E-state index contributed by atoms with van der Waals surface area (Å²) in [6, 6.07) is 14.0. The van der Waals surface area contributed by atoms with Gasteiger partial charge in [-0.3, -0.25) is 4.79 Å². The molecule has 0 bridgehead atoms. The molecule has 0 N–H and O–H groups in total. The second-order valence-corrected chi connectivity index (χ2v) is 6.52. The average Bonchev–Trinajstić information content (AvgIpc) is 3.41. The third-order valence-corrected chi connectivity index (χ3v) is 4.61. The summed E-state index contributed by atoms with van der Waals surface area (Å²) in [6.07, 6.45) is 1.35. The van der Waals surface area contributed by atoms with Gasteiger partial charge >= 0.3 is 5.97 Å². The van der Waals surface area contributed by atoms with E-state index in [1.165, 1.54) is 0 Å². The van der Waals surface area contributed by atoms with E-state index >= 15 is 0 Å². The second-order valence-electron chi connectivity index (χ2n) is 6.52. The lowest BCUT2D eigenvalue weighted by Gasteiger charge is -2.16. The van der Waals surface area contributed by atoms with E-state index in [1.807, 2.05) is 12.1 Å². The van der Waals surface area contributed by atoms with E-state index in [2.05, 4.69) is 10.1 Å². The van der Waals surface area contributed by atoms with E-state index < -0.39 is 5.97 Å². The molecule has 0 spiro atoms. The Kier molecular flexibility index (Phi) is 5.24. The predicted molar refractivity (Wildman–Crippen MR) is 103 cm³/mol. The molecule has 0 atom stereocenters. The molecule has 148 valence electrons. The predicted octanol–water partition coefficient (Wildman–Crippen LogP) is 3.23. The van der Waals surface area contributed by atoms with Crippen LogP contribution in [-0.4, -0.2) is 35.7 Å². The zero-order chi connectivity index (χ0) is 20.2. The summed E-state index contributed by atoms with van der Waals surface area (Å²) in [6.45, 7) is 0.516. The maximum Gasteiger partial charge on any atom is 0.338 e. The molecule has 1 amide bonds. The number of ether oxygens (including phenoxy) is 2. The van der Waals surface area contributed by atoms with Gasteiger partial charge < -0.3 is 18.9 Å². The summed E-state index contributed by atoms with van der Waals surface area (Å²) in [5.74, 6) is 0.850. The molecule has 1 saturated heterocycles. The normalized spacial score (nSPS) is 13.6. The van der Waals surface area contributed by atoms with Crippen molar-refractivity contribution in [2.45, 2.75) is 19.4 Å². The van der Waals surface area contributed by atoms with Gasteiger partial charge in [-0.25, -0.2) is 4.79 Å². The topological polar surface area (TPSA) is 94.8 Å². The molecule has 1 aromatic heterocycles. The second kappa shape index (κ2) is 8.14. The first-order chi connectivity index (χ1) is 14.1. The van der Waals surface area contributed by atoms with Gasteiger partial charge in [-0.15, -0.1) is 0 Å². The van der Waals surface area contributed by atoms with Crippen molar-refractivity contribution < 1.29 is 23.6 Å². The van der Waals surface area contributed by atoms with Crippen molar-refractivity contribution in [1.82, 2.24) is 10.1 Å². The van der Waals surface area contributed by atoms with Gasteiger partial charge in [-0.05, 0) is 48.9 Å². The molecular weight excluding hydrogens is 374 g/mol. The van der Waals surface area contributed by atoms with E-state index in [-0.39, 0.29) is 18.4 Å². The van der Waals surface area contributed by atoms with Gasteiger partial charge in [-0.1, -0.05) is 11.2 Å². The van der Waals surface area contributed by atoms with Crippen LogP contribution < -0.4 is 9.64 Å². The van der Waals surface area contributed by atoms with E-state index in [0.717, 1.165) is 17.7 Å². The molecule has 1 aliphatic rings. The fraction of sp³-hybridized carbons (Fsp3) is 0.238. The Labute approximate surface area is 167 Å². The Morgan fingerprint density at radius 2 is 2.03 bits per heavy atom. The lowest BCUT2D eigenvalue weighted by atomic mass is 10.2. The van der Waals surface area contributed by atoms with Crippen LogP contribution in [0.3, 0.4) is 0 Å². The number of aromatic nitrogens is 2. The molecule has 4 rings (SSSR count). The fourth-order valence-electron chi connectivity index (χ4n) is 3.10. The minimum atomic E-state index is -0.525. The van der Waals surface area contributed by atoms with Crippen LogP contribution in [0.2, 0.25) is 0 Å². The number of hydrogen-bond acceptors (Lipinski definition) is 7. The number of benzene rings is 2. The van der Waals surface area contributed by atoms with E-state index in [1.54, 1.807) is 48.4 Å². The first-order valence-electron chi connectivity index (χ1n) is 9.18. The number of carbonyl (C=O) groups excluding carboxylic acids is 2. The molecule has 0 radical (unpaired) electrons. The summed E-state index contributed by atoms with van der Waals surface area (Å²) in [5.41, 5.74) is 1.81. The third-order valence-electron chi connectivity index (χ3n) is 4.61. The van der Waals surface area contributed by atoms with E-state index in [9.17, 15) is 9.59 Å². The highest BCUT2D eigenvalue weighted by Gasteiger charge is 2.22. The zero-order valence-corrected chi connectivity index (χ0v) is 15.8. The number of methoxy groups -OCH3 is 1. The minimum absolute atomic E-state index is 0.0624. The Morgan fingerprint density at radius 1 is 1.21 bits per heavy atom. The SMILES string of the molecule is COc1ccc(-c2noc(COC(=O)c3cccc(N4CCCC4=O)c3)n2)cc1. The van der Waals surface area contributed by atoms with Crippen molar-refractivity contribution in [3.63, 3.8) is 0 Å². The van der Waals surface area contributed by atoms with Crippen LogP contribution in [0.25, 0.3) is 11.4 Å². The molecule has 2 heterocycles. The molecule has 0 saturated carbocycles. The van der Waals surface area contributed by atoms with Crippen LogP contribution in [0.1, 0.15) is 29.1 Å².